The number of hydrogen-bond acceptors (Lipinski definition) is 4. The molecule has 1 amide bonds. The highest BCUT2D eigenvalue weighted by Gasteiger charge is 2.25. The second-order valence-electron chi connectivity index (χ2n) is 7.58. The van der Waals surface area contributed by atoms with Crippen LogP contribution in [0.5, 0.6) is 0 Å². The van der Waals surface area contributed by atoms with E-state index in [4.69, 9.17) is 0 Å². The highest BCUT2D eigenvalue weighted by atomic mass is 19.1. The minimum atomic E-state index is -0.508. The van der Waals surface area contributed by atoms with Crippen molar-refractivity contribution < 1.29 is 13.6 Å². The molecule has 2 heterocycles. The average molecular weight is 389 g/mol. The minimum Gasteiger partial charge on any atom is -0.355 e. The molecule has 1 aromatic carbocycles. The second kappa shape index (κ2) is 8.34. The molecule has 2 aliphatic rings. The van der Waals surface area contributed by atoms with Gasteiger partial charge in [-0.25, -0.2) is 8.78 Å². The Morgan fingerprint density at radius 1 is 1.14 bits per heavy atom. The fourth-order valence-electron chi connectivity index (χ4n) is 3.79. The van der Waals surface area contributed by atoms with Gasteiger partial charge >= 0.3 is 0 Å². The van der Waals surface area contributed by atoms with Crippen LogP contribution in [-0.4, -0.2) is 45.2 Å². The molecule has 1 fully saturated rings. The molecule has 1 N–H and O–H groups in total. The van der Waals surface area contributed by atoms with Crippen molar-refractivity contribution in [1.29, 1.82) is 0 Å². The summed E-state index contributed by atoms with van der Waals surface area (Å²) in [5.41, 5.74) is 0.110. The fourth-order valence-corrected chi connectivity index (χ4v) is 3.79. The van der Waals surface area contributed by atoms with Crippen molar-refractivity contribution in [3.63, 3.8) is 0 Å². The smallest absolute Gasteiger partial charge is 0.223 e. The topological polar surface area (TPSA) is 63.1 Å². The van der Waals surface area contributed by atoms with E-state index in [1.807, 2.05) is 4.90 Å². The van der Waals surface area contributed by atoms with Crippen LogP contribution in [0.1, 0.15) is 36.5 Å². The van der Waals surface area contributed by atoms with Crippen molar-refractivity contribution in [2.24, 2.45) is 5.92 Å². The van der Waals surface area contributed by atoms with Crippen molar-refractivity contribution in [3.05, 3.63) is 47.0 Å². The van der Waals surface area contributed by atoms with Gasteiger partial charge < -0.3 is 9.88 Å². The summed E-state index contributed by atoms with van der Waals surface area (Å²) in [6.45, 7) is 2.80. The third-order valence-corrected chi connectivity index (χ3v) is 5.76. The van der Waals surface area contributed by atoms with Crippen LogP contribution < -0.4 is 5.32 Å². The van der Waals surface area contributed by atoms with Crippen LogP contribution in [0.25, 0.3) is 0 Å². The van der Waals surface area contributed by atoms with Gasteiger partial charge in [-0.3, -0.25) is 9.69 Å². The zero-order chi connectivity index (χ0) is 19.5. The minimum absolute atomic E-state index is 0.110. The molecule has 4 rings (SSSR count). The summed E-state index contributed by atoms with van der Waals surface area (Å²) < 4.78 is 29.9. The normalized spacial score (nSPS) is 17.6. The van der Waals surface area contributed by atoms with E-state index in [1.165, 1.54) is 18.2 Å². The summed E-state index contributed by atoms with van der Waals surface area (Å²) in [4.78, 5) is 14.0. The lowest BCUT2D eigenvalue weighted by Gasteiger charge is -2.24. The molecule has 6 nitrogen and oxygen atoms in total. The van der Waals surface area contributed by atoms with E-state index in [9.17, 15) is 13.6 Å². The molecule has 1 aromatic heterocycles. The van der Waals surface area contributed by atoms with Gasteiger partial charge in [0.2, 0.25) is 5.91 Å². The Labute approximate surface area is 162 Å². The average Bonchev–Trinajstić information content (AvgIpc) is 2.89. The quantitative estimate of drug-likeness (QED) is 0.822. The van der Waals surface area contributed by atoms with Gasteiger partial charge in [-0.2, -0.15) is 0 Å². The van der Waals surface area contributed by atoms with E-state index >= 15 is 0 Å². The van der Waals surface area contributed by atoms with E-state index in [0.717, 1.165) is 30.9 Å². The van der Waals surface area contributed by atoms with Crippen LogP contribution in [-0.2, 0) is 30.7 Å². The molecule has 0 bridgehead atoms. The van der Waals surface area contributed by atoms with Gasteiger partial charge in [0, 0.05) is 57.0 Å². The van der Waals surface area contributed by atoms with Crippen molar-refractivity contribution in [3.8, 4) is 0 Å². The summed E-state index contributed by atoms with van der Waals surface area (Å²) in [7, 11) is 0. The predicted octanol–water partition coefficient (Wildman–Crippen LogP) is 2.07. The first-order chi connectivity index (χ1) is 13.6. The number of nitrogens with zero attached hydrogens (tertiary/aromatic N) is 4. The van der Waals surface area contributed by atoms with Crippen molar-refractivity contribution in [2.75, 3.05) is 19.6 Å². The van der Waals surface area contributed by atoms with Crippen LogP contribution in [0.15, 0.2) is 18.2 Å². The molecular formula is C20H25F2N5O. The van der Waals surface area contributed by atoms with Crippen molar-refractivity contribution >= 4 is 5.91 Å². The van der Waals surface area contributed by atoms with Crippen molar-refractivity contribution in [1.82, 2.24) is 25.0 Å². The van der Waals surface area contributed by atoms with Gasteiger partial charge in [0.25, 0.3) is 0 Å². The van der Waals surface area contributed by atoms with Gasteiger partial charge in [0.1, 0.15) is 23.3 Å². The molecule has 1 aliphatic heterocycles. The maximum atomic E-state index is 13.9. The zero-order valence-electron chi connectivity index (χ0n) is 15.8. The maximum Gasteiger partial charge on any atom is 0.223 e. The summed E-state index contributed by atoms with van der Waals surface area (Å²) in [5, 5.41) is 11.5. The van der Waals surface area contributed by atoms with Crippen LogP contribution in [0.4, 0.5) is 8.78 Å². The van der Waals surface area contributed by atoms with E-state index < -0.39 is 11.6 Å². The number of rotatable bonds is 6. The number of fused-ring (bicyclic) bond motifs is 1. The zero-order valence-corrected chi connectivity index (χ0v) is 15.8. The highest BCUT2D eigenvalue weighted by molar-refractivity contribution is 5.79. The van der Waals surface area contributed by atoms with Crippen LogP contribution >= 0.6 is 0 Å². The molecule has 0 unspecified atom stereocenters. The first kappa shape index (κ1) is 19.0. The Balaban J connectivity index is 1.33. The Kier molecular flexibility index (Phi) is 5.66. The number of benzene rings is 1. The Morgan fingerprint density at radius 2 is 1.93 bits per heavy atom. The molecule has 1 aliphatic carbocycles. The molecular weight excluding hydrogens is 364 g/mol. The van der Waals surface area contributed by atoms with E-state index in [-0.39, 0.29) is 23.9 Å². The number of amides is 1. The third kappa shape index (κ3) is 4.06. The first-order valence-electron chi connectivity index (χ1n) is 9.95. The number of nitrogens with one attached hydrogen (secondary N) is 1. The summed E-state index contributed by atoms with van der Waals surface area (Å²) >= 11 is 0. The highest BCUT2D eigenvalue weighted by Crippen LogP contribution is 2.26. The van der Waals surface area contributed by atoms with Crippen molar-refractivity contribution in [2.45, 2.75) is 45.2 Å². The van der Waals surface area contributed by atoms with Gasteiger partial charge in [0.15, 0.2) is 0 Å². The predicted molar refractivity (Wildman–Crippen MR) is 99.4 cm³/mol. The lowest BCUT2D eigenvalue weighted by molar-refractivity contribution is -0.127. The van der Waals surface area contributed by atoms with E-state index in [1.54, 1.807) is 0 Å². The van der Waals surface area contributed by atoms with Gasteiger partial charge in [-0.15, -0.1) is 10.2 Å². The lowest BCUT2D eigenvalue weighted by atomic mass is 9.85. The lowest BCUT2D eigenvalue weighted by Crippen LogP contribution is -2.35. The van der Waals surface area contributed by atoms with Crippen LogP contribution in [0.2, 0.25) is 0 Å². The Hall–Kier alpha value is -2.35. The molecule has 0 spiro atoms. The van der Waals surface area contributed by atoms with Gasteiger partial charge in [-0.05, 0) is 25.0 Å². The molecule has 0 radical (unpaired) electrons. The Bertz CT molecular complexity index is 829. The molecule has 28 heavy (non-hydrogen) atoms. The maximum absolute atomic E-state index is 13.9. The van der Waals surface area contributed by atoms with E-state index in [0.29, 0.717) is 39.0 Å². The number of carbonyl (C=O) groups excluding carboxylic acids is 1. The summed E-state index contributed by atoms with van der Waals surface area (Å²) in [6.07, 6.45) is 4.43. The fraction of sp³-hybridized carbons (Fsp3) is 0.550. The summed E-state index contributed by atoms with van der Waals surface area (Å²) in [6, 6.07) is 3.97. The second-order valence-corrected chi connectivity index (χ2v) is 7.58. The Morgan fingerprint density at radius 3 is 2.64 bits per heavy atom. The monoisotopic (exact) mass is 389 g/mol. The molecule has 0 atom stereocenters. The molecule has 1 saturated carbocycles. The van der Waals surface area contributed by atoms with Crippen LogP contribution in [0.3, 0.4) is 0 Å². The molecule has 0 saturated heterocycles. The van der Waals surface area contributed by atoms with Gasteiger partial charge in [-0.1, -0.05) is 12.5 Å². The number of halogens is 2. The first-order valence-corrected chi connectivity index (χ1v) is 9.95. The summed E-state index contributed by atoms with van der Waals surface area (Å²) in [5.74, 6) is 1.04. The van der Waals surface area contributed by atoms with E-state index in [2.05, 4.69) is 20.1 Å². The standard InChI is InChI=1S/C20H25F2N5O/c21-16-5-2-6-17(22)15(16)13-26-10-8-19-25-24-18(27(19)12-11-26)7-9-23-20(28)14-3-1-4-14/h2,5-6,14H,1,3-4,7-13H2,(H,23,28). The number of aromatic nitrogens is 3. The molecule has 150 valence electrons. The number of carbonyl (C=O) groups is 1. The number of hydrogen-bond donors (Lipinski definition) is 1. The molecule has 2 aromatic rings. The van der Waals surface area contributed by atoms with Crippen LogP contribution in [0, 0.1) is 17.6 Å². The SMILES string of the molecule is O=C(NCCc1nnc2n1CCN(Cc1c(F)cccc1F)CC2)C1CCC1. The van der Waals surface area contributed by atoms with Gasteiger partial charge in [0.05, 0.1) is 0 Å². The third-order valence-electron chi connectivity index (χ3n) is 5.76. The molecule has 8 heteroatoms. The largest absolute Gasteiger partial charge is 0.355 e.